The van der Waals surface area contributed by atoms with E-state index in [0.717, 1.165) is 24.1 Å². The van der Waals surface area contributed by atoms with E-state index >= 15 is 0 Å². The summed E-state index contributed by atoms with van der Waals surface area (Å²) >= 11 is 0. The Kier molecular flexibility index (Phi) is 4.11. The number of hydrogen-bond acceptors (Lipinski definition) is 2. The van der Waals surface area contributed by atoms with Crippen LogP contribution in [0, 0.1) is 0 Å². The molecule has 1 atom stereocenters. The third-order valence-corrected chi connectivity index (χ3v) is 3.32. The predicted molar refractivity (Wildman–Crippen MR) is 75.5 cm³/mol. The maximum atomic E-state index is 6.35. The number of benzene rings is 1. The van der Waals surface area contributed by atoms with Crippen molar-refractivity contribution in [2.75, 3.05) is 0 Å². The SMILES string of the molecule is CCc1cccc(C(N)c2ncccc2CC)c1. The lowest BCUT2D eigenvalue weighted by atomic mass is 9.97. The average Bonchev–Trinajstić information content (AvgIpc) is 2.46. The molecular weight excluding hydrogens is 220 g/mol. The minimum atomic E-state index is -0.132. The van der Waals surface area contributed by atoms with E-state index < -0.39 is 0 Å². The molecule has 94 valence electrons. The van der Waals surface area contributed by atoms with Gasteiger partial charge in [-0.05, 0) is 35.6 Å². The number of rotatable bonds is 4. The summed E-state index contributed by atoms with van der Waals surface area (Å²) in [6.45, 7) is 4.29. The van der Waals surface area contributed by atoms with Crippen molar-refractivity contribution < 1.29 is 0 Å². The van der Waals surface area contributed by atoms with E-state index in [1.54, 1.807) is 0 Å². The monoisotopic (exact) mass is 240 g/mol. The molecule has 0 fully saturated rings. The zero-order valence-electron chi connectivity index (χ0n) is 11.1. The van der Waals surface area contributed by atoms with Gasteiger partial charge in [0.15, 0.2) is 0 Å². The number of nitrogens with two attached hydrogens (primary N) is 1. The second-order valence-corrected chi connectivity index (χ2v) is 4.48. The smallest absolute Gasteiger partial charge is 0.0729 e. The van der Waals surface area contributed by atoms with E-state index in [0.29, 0.717) is 0 Å². The number of hydrogen-bond donors (Lipinski definition) is 1. The van der Waals surface area contributed by atoms with Gasteiger partial charge in [-0.25, -0.2) is 0 Å². The van der Waals surface area contributed by atoms with Crippen molar-refractivity contribution in [2.45, 2.75) is 32.7 Å². The maximum Gasteiger partial charge on any atom is 0.0729 e. The molecule has 0 saturated carbocycles. The third kappa shape index (κ3) is 2.59. The van der Waals surface area contributed by atoms with Crippen molar-refractivity contribution in [3.63, 3.8) is 0 Å². The summed E-state index contributed by atoms with van der Waals surface area (Å²) in [5.41, 5.74) is 11.0. The van der Waals surface area contributed by atoms with Crippen LogP contribution in [0.15, 0.2) is 42.6 Å². The molecule has 2 rings (SSSR count). The Labute approximate surface area is 109 Å². The highest BCUT2D eigenvalue weighted by molar-refractivity contribution is 5.34. The second kappa shape index (κ2) is 5.78. The molecule has 0 saturated heterocycles. The summed E-state index contributed by atoms with van der Waals surface area (Å²) in [6, 6.07) is 12.4. The van der Waals surface area contributed by atoms with E-state index in [2.05, 4.69) is 49.2 Å². The number of pyridine rings is 1. The molecule has 0 amide bonds. The Morgan fingerprint density at radius 3 is 2.67 bits per heavy atom. The Morgan fingerprint density at radius 1 is 1.11 bits per heavy atom. The minimum absolute atomic E-state index is 0.132. The zero-order chi connectivity index (χ0) is 13.0. The lowest BCUT2D eigenvalue weighted by molar-refractivity contribution is 0.804. The van der Waals surface area contributed by atoms with Gasteiger partial charge in [-0.2, -0.15) is 0 Å². The first-order valence-corrected chi connectivity index (χ1v) is 6.54. The van der Waals surface area contributed by atoms with Crippen LogP contribution in [0.4, 0.5) is 0 Å². The van der Waals surface area contributed by atoms with Crippen molar-refractivity contribution in [2.24, 2.45) is 5.73 Å². The topological polar surface area (TPSA) is 38.9 Å². The fraction of sp³-hybridized carbons (Fsp3) is 0.312. The van der Waals surface area contributed by atoms with E-state index in [-0.39, 0.29) is 6.04 Å². The lowest BCUT2D eigenvalue weighted by Gasteiger charge is -2.15. The number of nitrogens with zero attached hydrogens (tertiary/aromatic N) is 1. The molecular formula is C16H20N2. The Hall–Kier alpha value is -1.67. The highest BCUT2D eigenvalue weighted by Gasteiger charge is 2.13. The van der Waals surface area contributed by atoms with Gasteiger partial charge in [0.1, 0.15) is 0 Å². The standard InChI is InChI=1S/C16H20N2/c1-3-12-7-5-8-14(11-12)15(17)16-13(4-2)9-6-10-18-16/h5-11,15H,3-4,17H2,1-2H3. The largest absolute Gasteiger partial charge is 0.319 e. The molecule has 1 heterocycles. The number of aromatic nitrogens is 1. The highest BCUT2D eigenvalue weighted by atomic mass is 14.8. The first kappa shape index (κ1) is 12.8. The minimum Gasteiger partial charge on any atom is -0.319 e. The van der Waals surface area contributed by atoms with Crippen LogP contribution in [0.25, 0.3) is 0 Å². The van der Waals surface area contributed by atoms with Gasteiger partial charge in [0.2, 0.25) is 0 Å². The molecule has 2 heteroatoms. The molecule has 0 aliphatic carbocycles. The van der Waals surface area contributed by atoms with Gasteiger partial charge in [-0.15, -0.1) is 0 Å². The van der Waals surface area contributed by atoms with Gasteiger partial charge in [0.05, 0.1) is 11.7 Å². The summed E-state index contributed by atoms with van der Waals surface area (Å²) in [4.78, 5) is 4.46. The van der Waals surface area contributed by atoms with Gasteiger partial charge in [-0.3, -0.25) is 4.98 Å². The summed E-state index contributed by atoms with van der Waals surface area (Å²) < 4.78 is 0. The quantitative estimate of drug-likeness (QED) is 0.891. The van der Waals surface area contributed by atoms with Crippen molar-refractivity contribution in [3.05, 3.63) is 65.0 Å². The highest BCUT2D eigenvalue weighted by Crippen LogP contribution is 2.22. The van der Waals surface area contributed by atoms with Gasteiger partial charge >= 0.3 is 0 Å². The Bertz CT molecular complexity index is 520. The molecule has 2 N–H and O–H groups in total. The Balaban J connectivity index is 2.37. The van der Waals surface area contributed by atoms with Crippen LogP contribution in [0.5, 0.6) is 0 Å². The Morgan fingerprint density at radius 2 is 1.94 bits per heavy atom. The molecule has 2 aromatic rings. The fourth-order valence-corrected chi connectivity index (χ4v) is 2.19. The molecule has 1 unspecified atom stereocenters. The van der Waals surface area contributed by atoms with Crippen LogP contribution in [-0.2, 0) is 12.8 Å². The van der Waals surface area contributed by atoms with Gasteiger partial charge < -0.3 is 5.73 Å². The first-order chi connectivity index (χ1) is 8.76. The van der Waals surface area contributed by atoms with Crippen molar-refractivity contribution in [1.29, 1.82) is 0 Å². The molecule has 0 aliphatic rings. The molecule has 1 aromatic heterocycles. The number of aryl methyl sites for hydroxylation is 2. The van der Waals surface area contributed by atoms with E-state index in [4.69, 9.17) is 5.73 Å². The van der Waals surface area contributed by atoms with Crippen LogP contribution in [0.2, 0.25) is 0 Å². The van der Waals surface area contributed by atoms with Gasteiger partial charge in [0, 0.05) is 6.20 Å². The van der Waals surface area contributed by atoms with Crippen LogP contribution in [0.1, 0.15) is 42.3 Å². The third-order valence-electron chi connectivity index (χ3n) is 3.32. The molecule has 0 aliphatic heterocycles. The van der Waals surface area contributed by atoms with Gasteiger partial charge in [-0.1, -0.05) is 44.2 Å². The molecule has 18 heavy (non-hydrogen) atoms. The van der Waals surface area contributed by atoms with Crippen LogP contribution in [0.3, 0.4) is 0 Å². The normalized spacial score (nSPS) is 12.4. The predicted octanol–water partition coefficient (Wildman–Crippen LogP) is 3.25. The van der Waals surface area contributed by atoms with Crippen molar-refractivity contribution in [3.8, 4) is 0 Å². The van der Waals surface area contributed by atoms with Crippen molar-refractivity contribution in [1.82, 2.24) is 4.98 Å². The summed E-state index contributed by atoms with van der Waals surface area (Å²) in [7, 11) is 0. The zero-order valence-corrected chi connectivity index (χ0v) is 11.1. The first-order valence-electron chi connectivity index (χ1n) is 6.54. The van der Waals surface area contributed by atoms with Crippen LogP contribution < -0.4 is 5.73 Å². The second-order valence-electron chi connectivity index (χ2n) is 4.48. The molecule has 2 nitrogen and oxygen atoms in total. The van der Waals surface area contributed by atoms with E-state index in [1.807, 2.05) is 12.3 Å². The molecule has 0 radical (unpaired) electrons. The fourth-order valence-electron chi connectivity index (χ4n) is 2.19. The van der Waals surface area contributed by atoms with Crippen molar-refractivity contribution >= 4 is 0 Å². The summed E-state index contributed by atoms with van der Waals surface area (Å²) in [5.74, 6) is 0. The molecule has 0 spiro atoms. The molecule has 0 bridgehead atoms. The maximum absolute atomic E-state index is 6.35. The van der Waals surface area contributed by atoms with Crippen LogP contribution in [-0.4, -0.2) is 4.98 Å². The molecule has 1 aromatic carbocycles. The summed E-state index contributed by atoms with van der Waals surface area (Å²) in [6.07, 6.45) is 3.81. The van der Waals surface area contributed by atoms with Gasteiger partial charge in [0.25, 0.3) is 0 Å². The van der Waals surface area contributed by atoms with E-state index in [9.17, 15) is 0 Å². The van der Waals surface area contributed by atoms with E-state index in [1.165, 1.54) is 11.1 Å². The lowest BCUT2D eigenvalue weighted by Crippen LogP contribution is -2.15. The summed E-state index contributed by atoms with van der Waals surface area (Å²) in [5, 5.41) is 0. The van der Waals surface area contributed by atoms with Crippen LogP contribution >= 0.6 is 0 Å². The average molecular weight is 240 g/mol.